The van der Waals surface area contributed by atoms with Gasteiger partial charge in [-0.15, -0.1) is 24.0 Å². The maximum absolute atomic E-state index is 12.4. The fourth-order valence-corrected chi connectivity index (χ4v) is 3.43. The number of amides is 1. The van der Waals surface area contributed by atoms with Crippen molar-refractivity contribution in [3.8, 4) is 5.75 Å². The van der Waals surface area contributed by atoms with Crippen LogP contribution < -0.4 is 20.7 Å². The quantitative estimate of drug-likeness (QED) is 0.311. The predicted octanol–water partition coefficient (Wildman–Crippen LogP) is 2.76. The summed E-state index contributed by atoms with van der Waals surface area (Å²) in [5.74, 6) is 1.11. The topological polar surface area (TPSA) is 83.2 Å². The molecule has 1 amide bonds. The van der Waals surface area contributed by atoms with Crippen molar-refractivity contribution in [2.45, 2.75) is 6.42 Å². The van der Waals surface area contributed by atoms with Gasteiger partial charge in [-0.25, -0.2) is 4.99 Å². The first-order valence-corrected chi connectivity index (χ1v) is 10.4. The number of carbonyl (C=O) groups is 1. The van der Waals surface area contributed by atoms with E-state index in [2.05, 4.69) is 15.2 Å². The lowest BCUT2D eigenvalue weighted by Gasteiger charge is -2.36. The molecular weight excluding hydrogens is 529 g/mol. The van der Waals surface area contributed by atoms with Gasteiger partial charge in [-0.2, -0.15) is 0 Å². The monoisotopic (exact) mass is 557 g/mol. The zero-order valence-corrected chi connectivity index (χ0v) is 20.7. The van der Waals surface area contributed by atoms with Crippen molar-refractivity contribution in [3.63, 3.8) is 0 Å². The molecule has 0 unspecified atom stereocenters. The lowest BCUT2D eigenvalue weighted by molar-refractivity contribution is -0.129. The van der Waals surface area contributed by atoms with Crippen LogP contribution in [0.3, 0.4) is 0 Å². The number of hydrogen-bond donors (Lipinski definition) is 2. The molecule has 168 valence electrons. The zero-order valence-electron chi connectivity index (χ0n) is 17.6. The molecule has 0 radical (unpaired) electrons. The molecule has 1 saturated heterocycles. The van der Waals surface area contributed by atoms with Gasteiger partial charge in [0.15, 0.2) is 5.96 Å². The van der Waals surface area contributed by atoms with Crippen LogP contribution in [0.2, 0.25) is 5.02 Å². The molecule has 1 aliphatic rings. The van der Waals surface area contributed by atoms with Gasteiger partial charge in [0, 0.05) is 43.4 Å². The molecule has 7 nitrogen and oxygen atoms in total. The first-order valence-electron chi connectivity index (χ1n) is 10.00. The molecule has 0 atom stereocenters. The molecule has 3 rings (SSSR count). The average molecular weight is 558 g/mol. The summed E-state index contributed by atoms with van der Waals surface area (Å²) in [6.45, 7) is 3.61. The first-order chi connectivity index (χ1) is 14.5. The van der Waals surface area contributed by atoms with E-state index in [1.54, 1.807) is 7.11 Å². The number of benzene rings is 2. The van der Waals surface area contributed by atoms with E-state index in [0.717, 1.165) is 36.0 Å². The summed E-state index contributed by atoms with van der Waals surface area (Å²) in [5, 5.41) is 3.78. The van der Waals surface area contributed by atoms with E-state index in [4.69, 9.17) is 22.1 Å². The van der Waals surface area contributed by atoms with Crippen molar-refractivity contribution >= 4 is 53.1 Å². The molecule has 0 saturated carbocycles. The van der Waals surface area contributed by atoms with Crippen molar-refractivity contribution in [3.05, 3.63) is 59.1 Å². The van der Waals surface area contributed by atoms with Crippen LogP contribution in [0.4, 0.5) is 5.69 Å². The normalized spacial score (nSPS) is 14.1. The molecule has 2 aromatic rings. The van der Waals surface area contributed by atoms with Crippen LogP contribution >= 0.6 is 35.6 Å². The molecule has 3 N–H and O–H groups in total. The van der Waals surface area contributed by atoms with Gasteiger partial charge >= 0.3 is 0 Å². The largest absolute Gasteiger partial charge is 0.497 e. The SMILES string of the molecule is COc1ccc(CCNC(N)=NCC(=O)N2CCN(c3ccc(Cl)cc3)CC2)cc1.I. The number of nitrogens with one attached hydrogen (secondary N) is 1. The highest BCUT2D eigenvalue weighted by atomic mass is 127. The van der Waals surface area contributed by atoms with E-state index in [-0.39, 0.29) is 42.4 Å². The Kier molecular flexibility index (Phi) is 10.2. The van der Waals surface area contributed by atoms with Gasteiger partial charge in [0.05, 0.1) is 7.11 Å². The lowest BCUT2D eigenvalue weighted by atomic mass is 10.1. The molecule has 1 aliphatic heterocycles. The fourth-order valence-electron chi connectivity index (χ4n) is 3.30. The van der Waals surface area contributed by atoms with Crippen molar-refractivity contribution in [1.29, 1.82) is 0 Å². The first kappa shape index (κ1) is 25.1. The van der Waals surface area contributed by atoms with Crippen LogP contribution in [0, 0.1) is 0 Å². The predicted molar refractivity (Wildman–Crippen MR) is 137 cm³/mol. The van der Waals surface area contributed by atoms with Crippen LogP contribution in [0.25, 0.3) is 0 Å². The van der Waals surface area contributed by atoms with Gasteiger partial charge in [0.25, 0.3) is 0 Å². The number of piperazine rings is 1. The number of carbonyl (C=O) groups excluding carboxylic acids is 1. The second-order valence-electron chi connectivity index (χ2n) is 7.07. The third kappa shape index (κ3) is 7.77. The van der Waals surface area contributed by atoms with E-state index >= 15 is 0 Å². The molecule has 31 heavy (non-hydrogen) atoms. The molecule has 0 aromatic heterocycles. The Bertz CT molecular complexity index is 853. The molecule has 1 fully saturated rings. The van der Waals surface area contributed by atoms with Gasteiger partial charge in [-0.1, -0.05) is 23.7 Å². The number of ether oxygens (including phenoxy) is 1. The highest BCUT2D eigenvalue weighted by Crippen LogP contribution is 2.19. The van der Waals surface area contributed by atoms with Crippen molar-refractivity contribution < 1.29 is 9.53 Å². The summed E-state index contributed by atoms with van der Waals surface area (Å²) in [4.78, 5) is 20.7. The summed E-state index contributed by atoms with van der Waals surface area (Å²) in [5.41, 5.74) is 8.19. The van der Waals surface area contributed by atoms with E-state index in [1.807, 2.05) is 53.4 Å². The number of nitrogens with zero attached hydrogens (tertiary/aromatic N) is 3. The summed E-state index contributed by atoms with van der Waals surface area (Å²) < 4.78 is 5.15. The van der Waals surface area contributed by atoms with Crippen molar-refractivity contribution in [2.24, 2.45) is 10.7 Å². The van der Waals surface area contributed by atoms with Crippen LogP contribution in [0.1, 0.15) is 5.56 Å². The van der Waals surface area contributed by atoms with Gasteiger partial charge in [0.2, 0.25) is 5.91 Å². The Balaban J connectivity index is 0.00000341. The van der Waals surface area contributed by atoms with E-state index in [1.165, 1.54) is 5.56 Å². The second kappa shape index (κ2) is 12.6. The smallest absolute Gasteiger partial charge is 0.244 e. The number of anilines is 1. The molecule has 0 bridgehead atoms. The van der Waals surface area contributed by atoms with E-state index in [0.29, 0.717) is 19.6 Å². The highest BCUT2D eigenvalue weighted by Gasteiger charge is 2.21. The third-order valence-electron chi connectivity index (χ3n) is 5.09. The number of rotatable bonds is 7. The molecule has 0 aliphatic carbocycles. The summed E-state index contributed by atoms with van der Waals surface area (Å²) in [7, 11) is 1.65. The van der Waals surface area contributed by atoms with Crippen molar-refractivity contribution in [2.75, 3.05) is 51.3 Å². The average Bonchev–Trinajstić information content (AvgIpc) is 2.78. The Morgan fingerprint density at radius 3 is 2.35 bits per heavy atom. The van der Waals surface area contributed by atoms with Crippen LogP contribution in [-0.4, -0.2) is 63.1 Å². The summed E-state index contributed by atoms with van der Waals surface area (Å²) >= 11 is 5.95. The van der Waals surface area contributed by atoms with Gasteiger partial charge in [0.1, 0.15) is 12.3 Å². The number of guanidine groups is 1. The second-order valence-corrected chi connectivity index (χ2v) is 7.51. The molecule has 9 heteroatoms. The van der Waals surface area contributed by atoms with Crippen molar-refractivity contribution in [1.82, 2.24) is 10.2 Å². The maximum Gasteiger partial charge on any atom is 0.244 e. The van der Waals surface area contributed by atoms with Crippen LogP contribution in [0.5, 0.6) is 5.75 Å². The fraction of sp³-hybridized carbons (Fsp3) is 0.364. The van der Waals surface area contributed by atoms with Gasteiger partial charge < -0.3 is 25.6 Å². The standard InChI is InChI=1S/C22H28ClN5O2.HI/c1-30-20-8-2-17(3-9-20)10-11-25-22(24)26-16-21(29)28-14-12-27(13-15-28)19-6-4-18(23)5-7-19;/h2-9H,10-16H2,1H3,(H3,24,25,26);1H. The summed E-state index contributed by atoms with van der Waals surface area (Å²) in [6.07, 6.45) is 0.806. The zero-order chi connectivity index (χ0) is 21.3. The Morgan fingerprint density at radius 1 is 1.10 bits per heavy atom. The van der Waals surface area contributed by atoms with Gasteiger partial charge in [-0.05, 0) is 48.4 Å². The maximum atomic E-state index is 12.4. The van der Waals surface area contributed by atoms with E-state index < -0.39 is 0 Å². The van der Waals surface area contributed by atoms with Gasteiger partial charge in [-0.3, -0.25) is 4.79 Å². The number of hydrogen-bond acceptors (Lipinski definition) is 4. The number of methoxy groups -OCH3 is 1. The minimum absolute atomic E-state index is 0. The Morgan fingerprint density at radius 2 is 1.74 bits per heavy atom. The highest BCUT2D eigenvalue weighted by molar-refractivity contribution is 14.0. The Labute approximate surface area is 205 Å². The van der Waals surface area contributed by atoms with Crippen LogP contribution in [0.15, 0.2) is 53.5 Å². The molecule has 1 heterocycles. The molecule has 0 spiro atoms. The third-order valence-corrected chi connectivity index (χ3v) is 5.34. The molecule has 2 aromatic carbocycles. The number of halogens is 2. The number of nitrogens with two attached hydrogens (primary N) is 1. The van der Waals surface area contributed by atoms with E-state index in [9.17, 15) is 4.79 Å². The number of aliphatic imine (C=N–C) groups is 1. The Hall–Kier alpha value is -2.20. The van der Waals surface area contributed by atoms with Crippen LogP contribution in [-0.2, 0) is 11.2 Å². The summed E-state index contributed by atoms with van der Waals surface area (Å²) in [6, 6.07) is 15.7. The minimum atomic E-state index is -0.00865. The molecular formula is C22H29ClIN5O2. The minimum Gasteiger partial charge on any atom is -0.497 e. The lowest BCUT2D eigenvalue weighted by Crippen LogP contribution is -2.49.